The molecule has 0 saturated carbocycles. The van der Waals surface area contributed by atoms with Gasteiger partial charge in [-0.3, -0.25) is 4.79 Å². The van der Waals surface area contributed by atoms with Gasteiger partial charge in [-0.05, 0) is 96.3 Å². The number of rotatable bonds is 68. The average Bonchev–Trinajstić information content (AvgIpc) is 3.59. The van der Waals surface area contributed by atoms with Gasteiger partial charge in [0.25, 0.3) is 0 Å². The molecule has 4 nitrogen and oxygen atoms in total. The fourth-order valence-electron chi connectivity index (χ4n) is 11.0. The van der Waals surface area contributed by atoms with Crippen molar-refractivity contribution in [2.75, 3.05) is 6.61 Å². The van der Waals surface area contributed by atoms with Crippen LogP contribution in [0, 0.1) is 0 Å². The molecular weight excluding hydrogens is 1050 g/mol. The molecule has 0 aliphatic carbocycles. The molecule has 0 rings (SSSR count). The third kappa shape index (κ3) is 71.3. The first-order chi connectivity index (χ1) is 42.7. The molecule has 0 bridgehead atoms. The standard InChI is InChI=1S/C82H143NO3/c1-3-5-7-9-11-13-15-17-19-21-23-25-27-29-31-33-35-37-38-39-40-41-42-43-44-46-48-50-52-54-56-58-60-62-64-66-68-70-72-74-76-78-82(86)83-80(79-84)81(85)77-75-73-71-69-67-65-63-61-59-57-55-53-51-49-47-45-36-34-32-30-28-26-24-22-20-18-16-14-12-10-8-6-4-2/h5,7,11,13,17,19,23,25,29,31,35,37,39-40,42-43,46,48,52,54,75,77,80-81,84-85H,3-4,6,8-10,12,14-16,18,20-22,24,26-28,30,32-34,36,38,41,44-45,47,49-51,53,55-74,76,78-79H2,1-2H3,(H,83,86)/b7-5-,13-11-,19-17-,25-23-,31-29-,37-35-,40-39-,43-42-,48-46-,54-52-,77-75+. The summed E-state index contributed by atoms with van der Waals surface area (Å²) >= 11 is 0. The monoisotopic (exact) mass is 1190 g/mol. The first kappa shape index (κ1) is 82.5. The van der Waals surface area contributed by atoms with Crippen molar-refractivity contribution in [3.63, 3.8) is 0 Å². The maximum Gasteiger partial charge on any atom is 0.220 e. The Labute approximate surface area is 536 Å². The molecule has 0 aromatic rings. The summed E-state index contributed by atoms with van der Waals surface area (Å²) in [5.74, 6) is -0.0693. The van der Waals surface area contributed by atoms with Crippen molar-refractivity contribution >= 4 is 5.91 Å². The Morgan fingerprint density at radius 1 is 0.291 bits per heavy atom. The number of aliphatic hydroxyl groups is 2. The minimum Gasteiger partial charge on any atom is -0.394 e. The van der Waals surface area contributed by atoms with Gasteiger partial charge in [-0.15, -0.1) is 0 Å². The van der Waals surface area contributed by atoms with Crippen LogP contribution < -0.4 is 5.32 Å². The molecule has 0 heterocycles. The van der Waals surface area contributed by atoms with E-state index in [1.807, 2.05) is 6.08 Å². The zero-order valence-electron chi connectivity index (χ0n) is 57.0. The summed E-state index contributed by atoms with van der Waals surface area (Å²) < 4.78 is 0. The van der Waals surface area contributed by atoms with Crippen LogP contribution in [0.25, 0.3) is 0 Å². The highest BCUT2D eigenvalue weighted by Gasteiger charge is 2.18. The number of unbranched alkanes of at least 4 members (excludes halogenated alkanes) is 41. The van der Waals surface area contributed by atoms with Crippen molar-refractivity contribution in [2.45, 2.75) is 373 Å². The van der Waals surface area contributed by atoms with Crippen LogP contribution in [0.15, 0.2) is 134 Å². The van der Waals surface area contributed by atoms with Gasteiger partial charge in [-0.1, -0.05) is 392 Å². The lowest BCUT2D eigenvalue weighted by Gasteiger charge is -2.20. The fourth-order valence-corrected chi connectivity index (χ4v) is 11.0. The number of hydrogen-bond donors (Lipinski definition) is 3. The van der Waals surface area contributed by atoms with E-state index in [9.17, 15) is 15.0 Å². The average molecular weight is 1190 g/mol. The highest BCUT2D eigenvalue weighted by molar-refractivity contribution is 5.76. The lowest BCUT2D eigenvalue weighted by atomic mass is 10.0. The Bertz CT molecular complexity index is 1690. The number of nitrogens with one attached hydrogen (secondary N) is 1. The van der Waals surface area contributed by atoms with E-state index in [0.717, 1.165) is 89.9 Å². The first-order valence-corrected chi connectivity index (χ1v) is 37.4. The molecule has 0 aromatic carbocycles. The Balaban J connectivity index is 3.54. The van der Waals surface area contributed by atoms with Crippen LogP contribution in [0.3, 0.4) is 0 Å². The second-order valence-electron chi connectivity index (χ2n) is 25.0. The van der Waals surface area contributed by atoms with E-state index in [-0.39, 0.29) is 12.5 Å². The van der Waals surface area contributed by atoms with Gasteiger partial charge in [0.15, 0.2) is 0 Å². The molecule has 0 saturated heterocycles. The van der Waals surface area contributed by atoms with E-state index in [0.29, 0.717) is 6.42 Å². The van der Waals surface area contributed by atoms with Gasteiger partial charge in [0.1, 0.15) is 0 Å². The molecule has 1 amide bonds. The molecule has 0 aliphatic heterocycles. The summed E-state index contributed by atoms with van der Waals surface area (Å²) in [7, 11) is 0. The molecular formula is C82H143NO3. The van der Waals surface area contributed by atoms with Gasteiger partial charge >= 0.3 is 0 Å². The zero-order valence-corrected chi connectivity index (χ0v) is 57.0. The Morgan fingerprint density at radius 2 is 0.512 bits per heavy atom. The second-order valence-corrected chi connectivity index (χ2v) is 25.0. The van der Waals surface area contributed by atoms with Gasteiger partial charge in [0.05, 0.1) is 18.8 Å². The summed E-state index contributed by atoms with van der Waals surface area (Å²) in [6.07, 6.45) is 117. The minimum absolute atomic E-state index is 0.0693. The summed E-state index contributed by atoms with van der Waals surface area (Å²) in [6.45, 7) is 4.22. The number of aliphatic hydroxyl groups excluding tert-OH is 2. The van der Waals surface area contributed by atoms with Gasteiger partial charge in [0.2, 0.25) is 5.91 Å². The zero-order chi connectivity index (χ0) is 61.9. The minimum atomic E-state index is -0.852. The van der Waals surface area contributed by atoms with Crippen molar-refractivity contribution in [1.29, 1.82) is 0 Å². The van der Waals surface area contributed by atoms with Crippen LogP contribution in [-0.4, -0.2) is 34.9 Å². The van der Waals surface area contributed by atoms with E-state index >= 15 is 0 Å². The molecule has 0 aliphatic rings. The van der Waals surface area contributed by atoms with Crippen LogP contribution in [0.2, 0.25) is 0 Å². The van der Waals surface area contributed by atoms with E-state index in [4.69, 9.17) is 0 Å². The van der Waals surface area contributed by atoms with Crippen LogP contribution in [0.1, 0.15) is 361 Å². The molecule has 3 N–H and O–H groups in total. The summed E-state index contributed by atoms with van der Waals surface area (Å²) in [5, 5.41) is 23.3. The topological polar surface area (TPSA) is 69.6 Å². The number of hydrogen-bond acceptors (Lipinski definition) is 3. The van der Waals surface area contributed by atoms with Gasteiger partial charge < -0.3 is 15.5 Å². The predicted octanol–water partition coefficient (Wildman–Crippen LogP) is 26.0. The van der Waals surface area contributed by atoms with Crippen LogP contribution in [0.4, 0.5) is 0 Å². The van der Waals surface area contributed by atoms with Crippen molar-refractivity contribution < 1.29 is 15.0 Å². The third-order valence-electron chi connectivity index (χ3n) is 16.6. The van der Waals surface area contributed by atoms with Crippen LogP contribution in [0.5, 0.6) is 0 Å². The molecule has 494 valence electrons. The lowest BCUT2D eigenvalue weighted by molar-refractivity contribution is -0.123. The lowest BCUT2D eigenvalue weighted by Crippen LogP contribution is -2.45. The SMILES string of the molecule is CC/C=C\C/C=C\C/C=C\C/C=C\C/C=C\C/C=C\C/C=C\C/C=C\C/C=C\C/C=C\CCCCCCCCCCCCC(=O)NC(CO)C(O)/C=C/CCCCCCCCCCCCCCCCCCCCCCCCCCCCCCCCC. The normalized spacial score (nSPS) is 13.5. The number of amides is 1. The maximum atomic E-state index is 12.6. The first-order valence-electron chi connectivity index (χ1n) is 37.4. The highest BCUT2D eigenvalue weighted by atomic mass is 16.3. The van der Waals surface area contributed by atoms with Crippen molar-refractivity contribution in [1.82, 2.24) is 5.32 Å². The summed E-state index contributed by atoms with van der Waals surface area (Å²) in [6, 6.07) is -0.636. The molecule has 0 fully saturated rings. The van der Waals surface area contributed by atoms with Crippen molar-refractivity contribution in [2.24, 2.45) is 0 Å². The Morgan fingerprint density at radius 3 is 0.767 bits per heavy atom. The Hall–Kier alpha value is -3.47. The van der Waals surface area contributed by atoms with Gasteiger partial charge in [-0.25, -0.2) is 0 Å². The number of carbonyl (C=O) groups excluding carboxylic acids is 1. The molecule has 2 atom stereocenters. The van der Waals surface area contributed by atoms with Gasteiger partial charge in [-0.2, -0.15) is 0 Å². The maximum absolute atomic E-state index is 12.6. The Kier molecular flexibility index (Phi) is 72.7. The van der Waals surface area contributed by atoms with E-state index in [2.05, 4.69) is 141 Å². The predicted molar refractivity (Wildman–Crippen MR) is 386 cm³/mol. The number of carbonyl (C=O) groups is 1. The van der Waals surface area contributed by atoms with Crippen LogP contribution in [-0.2, 0) is 4.79 Å². The van der Waals surface area contributed by atoms with Gasteiger partial charge in [0, 0.05) is 6.42 Å². The fraction of sp³-hybridized carbons (Fsp3) is 0.720. The highest BCUT2D eigenvalue weighted by Crippen LogP contribution is 2.18. The molecule has 2 unspecified atom stereocenters. The van der Waals surface area contributed by atoms with E-state index in [1.165, 1.54) is 250 Å². The molecule has 0 radical (unpaired) electrons. The molecule has 0 spiro atoms. The molecule has 4 heteroatoms. The van der Waals surface area contributed by atoms with E-state index < -0.39 is 12.1 Å². The second kappa shape index (κ2) is 75.8. The molecule has 0 aromatic heterocycles. The van der Waals surface area contributed by atoms with Crippen LogP contribution >= 0.6 is 0 Å². The van der Waals surface area contributed by atoms with Crippen molar-refractivity contribution in [3.05, 3.63) is 134 Å². The summed E-state index contributed by atoms with van der Waals surface area (Å²) in [4.78, 5) is 12.6. The van der Waals surface area contributed by atoms with Crippen molar-refractivity contribution in [3.8, 4) is 0 Å². The quantitative estimate of drug-likeness (QED) is 0.0420. The smallest absolute Gasteiger partial charge is 0.220 e. The summed E-state index contributed by atoms with van der Waals surface area (Å²) in [5.41, 5.74) is 0. The third-order valence-corrected chi connectivity index (χ3v) is 16.6. The van der Waals surface area contributed by atoms with E-state index in [1.54, 1.807) is 6.08 Å². The largest absolute Gasteiger partial charge is 0.394 e. The number of allylic oxidation sites excluding steroid dienone is 21. The molecule has 86 heavy (non-hydrogen) atoms.